The van der Waals surface area contributed by atoms with Gasteiger partial charge in [-0.1, -0.05) is 40.5 Å². The van der Waals surface area contributed by atoms with Gasteiger partial charge in [-0.25, -0.2) is 0 Å². The number of aromatic nitrogens is 1. The maximum absolute atomic E-state index is 6.20. The van der Waals surface area contributed by atoms with Crippen molar-refractivity contribution >= 4 is 28.9 Å². The highest BCUT2D eigenvalue weighted by atomic mass is 35.5. The van der Waals surface area contributed by atoms with Gasteiger partial charge < -0.3 is 4.84 Å². The fourth-order valence-electron chi connectivity index (χ4n) is 2.25. The van der Waals surface area contributed by atoms with Crippen molar-refractivity contribution in [3.63, 3.8) is 0 Å². The second-order valence-electron chi connectivity index (χ2n) is 4.56. The third kappa shape index (κ3) is 2.65. The summed E-state index contributed by atoms with van der Waals surface area (Å²) in [6, 6.07) is 7.57. The van der Waals surface area contributed by atoms with Crippen LogP contribution in [-0.2, 0) is 17.9 Å². The van der Waals surface area contributed by atoms with Gasteiger partial charge in [-0.2, -0.15) is 0 Å². The summed E-state index contributed by atoms with van der Waals surface area (Å²) in [5.74, 6) is 0. The van der Waals surface area contributed by atoms with Crippen molar-refractivity contribution < 1.29 is 4.84 Å². The van der Waals surface area contributed by atoms with Crippen LogP contribution in [0.4, 0.5) is 0 Å². The van der Waals surface area contributed by atoms with Crippen LogP contribution in [0.15, 0.2) is 41.8 Å². The van der Waals surface area contributed by atoms with E-state index in [4.69, 9.17) is 28.0 Å². The lowest BCUT2D eigenvalue weighted by atomic mass is 10.1. The van der Waals surface area contributed by atoms with E-state index in [9.17, 15) is 0 Å². The van der Waals surface area contributed by atoms with Crippen LogP contribution in [0.5, 0.6) is 0 Å². The quantitative estimate of drug-likeness (QED) is 0.794. The molecule has 0 radical (unpaired) electrons. The lowest BCUT2D eigenvalue weighted by Gasteiger charge is -2.04. The first kappa shape index (κ1) is 13.4. The third-order valence-electron chi connectivity index (χ3n) is 3.25. The molecule has 1 aromatic carbocycles. The Kier molecular flexibility index (Phi) is 3.90. The minimum absolute atomic E-state index is 0.411. The summed E-state index contributed by atoms with van der Waals surface area (Å²) in [7, 11) is 0. The minimum Gasteiger partial charge on any atom is -0.391 e. The van der Waals surface area contributed by atoms with Crippen LogP contribution in [0.2, 0.25) is 10.0 Å². The first-order chi connectivity index (χ1) is 9.75. The van der Waals surface area contributed by atoms with Crippen molar-refractivity contribution in [2.24, 2.45) is 5.16 Å². The third-order valence-corrected chi connectivity index (χ3v) is 4.09. The monoisotopic (exact) mass is 306 g/mol. The molecule has 0 aliphatic heterocycles. The van der Waals surface area contributed by atoms with Gasteiger partial charge in [0, 0.05) is 23.5 Å². The van der Waals surface area contributed by atoms with Gasteiger partial charge in [0.15, 0.2) is 0 Å². The molecule has 0 spiro atoms. The fraction of sp³-hybridized carbons (Fsp3) is 0.200. The fourth-order valence-corrected chi connectivity index (χ4v) is 2.68. The van der Waals surface area contributed by atoms with E-state index in [1.54, 1.807) is 18.5 Å². The zero-order valence-corrected chi connectivity index (χ0v) is 12.2. The second kappa shape index (κ2) is 5.81. The molecule has 2 aromatic rings. The summed E-state index contributed by atoms with van der Waals surface area (Å²) in [6.45, 7) is 0.411. The van der Waals surface area contributed by atoms with Crippen molar-refractivity contribution in [1.29, 1.82) is 0 Å². The van der Waals surface area contributed by atoms with Crippen molar-refractivity contribution in [2.75, 3.05) is 0 Å². The summed E-state index contributed by atoms with van der Waals surface area (Å²) < 4.78 is 0. The molecule has 3 rings (SSSR count). The largest absolute Gasteiger partial charge is 0.391 e. The number of hydrogen-bond acceptors (Lipinski definition) is 3. The van der Waals surface area contributed by atoms with E-state index in [1.165, 1.54) is 0 Å². The SMILES string of the molecule is Clc1ccc2c(c1Cl)CC/C2=N/OCc1cccnc1. The molecular formula is C15H12Cl2N2O. The second-order valence-corrected chi connectivity index (χ2v) is 5.35. The highest BCUT2D eigenvalue weighted by Crippen LogP contribution is 2.34. The lowest BCUT2D eigenvalue weighted by molar-refractivity contribution is 0.130. The van der Waals surface area contributed by atoms with E-state index < -0.39 is 0 Å². The number of oxime groups is 1. The van der Waals surface area contributed by atoms with Crippen molar-refractivity contribution in [1.82, 2.24) is 4.98 Å². The maximum atomic E-state index is 6.20. The predicted molar refractivity (Wildman–Crippen MR) is 80.3 cm³/mol. The van der Waals surface area contributed by atoms with Crippen LogP contribution in [0.1, 0.15) is 23.1 Å². The van der Waals surface area contributed by atoms with Crippen LogP contribution in [-0.4, -0.2) is 10.7 Å². The molecule has 0 atom stereocenters. The van der Waals surface area contributed by atoms with Gasteiger partial charge in [0.05, 0.1) is 15.8 Å². The first-order valence-corrected chi connectivity index (χ1v) is 7.06. The van der Waals surface area contributed by atoms with Gasteiger partial charge in [0.25, 0.3) is 0 Å². The number of pyridine rings is 1. The Morgan fingerprint density at radius 3 is 2.90 bits per heavy atom. The molecule has 1 heterocycles. The van der Waals surface area contributed by atoms with E-state index >= 15 is 0 Å². The Hall–Kier alpha value is -1.58. The van der Waals surface area contributed by atoms with Gasteiger partial charge in [-0.05, 0) is 30.5 Å². The van der Waals surface area contributed by atoms with E-state index in [0.717, 1.165) is 35.2 Å². The molecule has 0 saturated heterocycles. The molecule has 0 N–H and O–H groups in total. The number of benzene rings is 1. The van der Waals surface area contributed by atoms with Crippen LogP contribution < -0.4 is 0 Å². The first-order valence-electron chi connectivity index (χ1n) is 6.30. The molecule has 0 amide bonds. The Morgan fingerprint density at radius 2 is 2.10 bits per heavy atom. The van der Waals surface area contributed by atoms with Crippen LogP contribution in [0.25, 0.3) is 0 Å². The van der Waals surface area contributed by atoms with E-state index in [-0.39, 0.29) is 0 Å². The Morgan fingerprint density at radius 1 is 1.20 bits per heavy atom. The molecule has 0 bridgehead atoms. The molecule has 5 heteroatoms. The molecule has 20 heavy (non-hydrogen) atoms. The average Bonchev–Trinajstić information content (AvgIpc) is 2.88. The summed E-state index contributed by atoms with van der Waals surface area (Å²) in [5.41, 5.74) is 4.00. The van der Waals surface area contributed by atoms with Crippen LogP contribution in [0.3, 0.4) is 0 Å². The maximum Gasteiger partial charge on any atom is 0.143 e. The molecule has 0 unspecified atom stereocenters. The number of nitrogens with zero attached hydrogens (tertiary/aromatic N) is 2. The molecule has 1 aliphatic carbocycles. The summed E-state index contributed by atoms with van der Waals surface area (Å²) in [6.07, 6.45) is 5.17. The number of hydrogen-bond donors (Lipinski definition) is 0. The molecular weight excluding hydrogens is 295 g/mol. The van der Waals surface area contributed by atoms with Crippen molar-refractivity contribution in [2.45, 2.75) is 19.4 Å². The molecule has 0 saturated carbocycles. The van der Waals surface area contributed by atoms with E-state index in [0.29, 0.717) is 16.7 Å². The zero-order chi connectivity index (χ0) is 13.9. The van der Waals surface area contributed by atoms with Gasteiger partial charge in [-0.3, -0.25) is 4.98 Å². The number of fused-ring (bicyclic) bond motifs is 1. The van der Waals surface area contributed by atoms with Crippen molar-refractivity contribution in [3.8, 4) is 0 Å². The topological polar surface area (TPSA) is 34.5 Å². The van der Waals surface area contributed by atoms with Crippen molar-refractivity contribution in [3.05, 3.63) is 63.4 Å². The smallest absolute Gasteiger partial charge is 0.143 e. The lowest BCUT2D eigenvalue weighted by Crippen LogP contribution is -1.97. The predicted octanol–water partition coefficient (Wildman–Crippen LogP) is 4.26. The normalized spacial score (nSPS) is 15.4. The summed E-state index contributed by atoms with van der Waals surface area (Å²) >= 11 is 12.2. The highest BCUT2D eigenvalue weighted by molar-refractivity contribution is 6.43. The molecule has 0 fully saturated rings. The Labute approximate surface area is 127 Å². The highest BCUT2D eigenvalue weighted by Gasteiger charge is 2.22. The Balaban J connectivity index is 1.75. The molecule has 102 valence electrons. The summed E-state index contributed by atoms with van der Waals surface area (Å²) in [5, 5.41) is 5.43. The zero-order valence-electron chi connectivity index (χ0n) is 10.6. The Bertz CT molecular complexity index is 656. The summed E-state index contributed by atoms with van der Waals surface area (Å²) in [4.78, 5) is 9.43. The van der Waals surface area contributed by atoms with Crippen LogP contribution >= 0.6 is 23.2 Å². The standard InChI is InChI=1S/C15H12Cl2N2O/c16-13-5-3-11-12(15(13)17)4-6-14(11)19-20-9-10-2-1-7-18-8-10/h1-3,5,7-8H,4,6,9H2/b19-14-. The average molecular weight is 307 g/mol. The number of halogens is 2. The van der Waals surface area contributed by atoms with Gasteiger partial charge >= 0.3 is 0 Å². The minimum atomic E-state index is 0.411. The number of rotatable bonds is 3. The molecule has 1 aromatic heterocycles. The van der Waals surface area contributed by atoms with Gasteiger partial charge in [-0.15, -0.1) is 0 Å². The van der Waals surface area contributed by atoms with E-state index in [1.807, 2.05) is 18.2 Å². The van der Waals surface area contributed by atoms with Crippen LogP contribution in [0, 0.1) is 0 Å². The molecule has 1 aliphatic rings. The molecule has 3 nitrogen and oxygen atoms in total. The van der Waals surface area contributed by atoms with Gasteiger partial charge in [0.1, 0.15) is 6.61 Å². The van der Waals surface area contributed by atoms with Gasteiger partial charge in [0.2, 0.25) is 0 Å². The van der Waals surface area contributed by atoms with E-state index in [2.05, 4.69) is 10.1 Å².